The summed E-state index contributed by atoms with van der Waals surface area (Å²) in [5.74, 6) is 0.388. The molecule has 26 heavy (non-hydrogen) atoms. The van der Waals surface area contributed by atoms with E-state index in [1.54, 1.807) is 0 Å². The monoisotopic (exact) mass is 348 g/mol. The smallest absolute Gasteiger partial charge is 0.341 e. The molecule has 0 N–H and O–H groups in total. The molecule has 0 saturated carbocycles. The molecule has 0 aliphatic carbocycles. The Balaban J connectivity index is 1.53. The van der Waals surface area contributed by atoms with Crippen LogP contribution in [-0.2, 0) is 4.74 Å². The largest absolute Gasteiger partial charge is 0.493 e. The number of nitrogens with zero attached hydrogens (tertiary/aromatic N) is 2. The van der Waals surface area contributed by atoms with E-state index in [9.17, 15) is 4.79 Å². The molecule has 1 heterocycles. The zero-order valence-electron chi connectivity index (χ0n) is 14.6. The van der Waals surface area contributed by atoms with E-state index in [0.717, 1.165) is 16.9 Å². The molecule has 0 spiro atoms. The fraction of sp³-hybridized carbons (Fsp3) is 0.190. The minimum absolute atomic E-state index is 0.272. The third-order valence-corrected chi connectivity index (χ3v) is 3.76. The third-order valence-electron chi connectivity index (χ3n) is 3.76. The zero-order valence-corrected chi connectivity index (χ0v) is 14.6. The van der Waals surface area contributed by atoms with Crippen LogP contribution in [0, 0.1) is 6.92 Å². The highest BCUT2D eigenvalue weighted by atomic mass is 16.5. The second kappa shape index (κ2) is 8.76. The van der Waals surface area contributed by atoms with Crippen LogP contribution in [0.4, 0.5) is 0 Å². The lowest BCUT2D eigenvalue weighted by Gasteiger charge is -2.09. The van der Waals surface area contributed by atoms with Crippen LogP contribution in [0.1, 0.15) is 22.3 Å². The lowest BCUT2D eigenvalue weighted by atomic mass is 10.1. The Bertz CT molecular complexity index is 866. The van der Waals surface area contributed by atoms with E-state index in [1.807, 2.05) is 61.5 Å². The molecule has 5 nitrogen and oxygen atoms in total. The average molecular weight is 348 g/mol. The summed E-state index contributed by atoms with van der Waals surface area (Å²) in [7, 11) is 0. The van der Waals surface area contributed by atoms with Crippen LogP contribution in [0.5, 0.6) is 5.75 Å². The summed E-state index contributed by atoms with van der Waals surface area (Å²) in [6.45, 7) is 2.77. The van der Waals surface area contributed by atoms with Crippen molar-refractivity contribution in [1.29, 1.82) is 0 Å². The fourth-order valence-electron chi connectivity index (χ4n) is 2.50. The first-order valence-corrected chi connectivity index (χ1v) is 8.46. The maximum absolute atomic E-state index is 12.4. The van der Waals surface area contributed by atoms with Crippen molar-refractivity contribution in [2.24, 2.45) is 0 Å². The summed E-state index contributed by atoms with van der Waals surface area (Å²) >= 11 is 0. The summed E-state index contributed by atoms with van der Waals surface area (Å²) in [5.41, 5.74) is 2.93. The molecule has 0 amide bonds. The molecule has 0 unspecified atom stereocenters. The van der Waals surface area contributed by atoms with Gasteiger partial charge in [-0.2, -0.15) is 0 Å². The van der Waals surface area contributed by atoms with E-state index in [0.29, 0.717) is 24.3 Å². The van der Waals surface area contributed by atoms with E-state index in [1.165, 1.54) is 12.5 Å². The van der Waals surface area contributed by atoms with Gasteiger partial charge >= 0.3 is 5.97 Å². The van der Waals surface area contributed by atoms with Gasteiger partial charge in [-0.15, -0.1) is 0 Å². The van der Waals surface area contributed by atoms with Gasteiger partial charge in [0.1, 0.15) is 17.6 Å². The number of carbonyl (C=O) groups excluding carboxylic acids is 1. The molecular formula is C21H20N2O3. The van der Waals surface area contributed by atoms with Crippen molar-refractivity contribution < 1.29 is 14.3 Å². The van der Waals surface area contributed by atoms with Crippen molar-refractivity contribution >= 4 is 5.97 Å². The van der Waals surface area contributed by atoms with Crippen molar-refractivity contribution in [1.82, 2.24) is 9.97 Å². The van der Waals surface area contributed by atoms with Gasteiger partial charge in [-0.3, -0.25) is 0 Å². The molecule has 0 bridgehead atoms. The minimum atomic E-state index is -0.431. The van der Waals surface area contributed by atoms with Crippen LogP contribution in [0.25, 0.3) is 11.3 Å². The predicted molar refractivity (Wildman–Crippen MR) is 99.0 cm³/mol. The number of benzene rings is 2. The fourth-order valence-corrected chi connectivity index (χ4v) is 2.50. The van der Waals surface area contributed by atoms with Gasteiger partial charge in [0.2, 0.25) is 0 Å². The maximum Gasteiger partial charge on any atom is 0.341 e. The van der Waals surface area contributed by atoms with Gasteiger partial charge in [0.25, 0.3) is 0 Å². The summed E-state index contributed by atoms with van der Waals surface area (Å²) in [6, 6.07) is 17.4. The molecule has 5 heteroatoms. The number of rotatable bonds is 7. The lowest BCUT2D eigenvalue weighted by Crippen LogP contribution is -2.11. The van der Waals surface area contributed by atoms with Gasteiger partial charge in [0.05, 0.1) is 18.9 Å². The number of aryl methyl sites for hydroxylation is 1. The van der Waals surface area contributed by atoms with Crippen LogP contribution >= 0.6 is 0 Å². The van der Waals surface area contributed by atoms with E-state index < -0.39 is 5.97 Å². The second-order valence-corrected chi connectivity index (χ2v) is 5.81. The Morgan fingerprint density at radius 3 is 2.69 bits per heavy atom. The molecule has 1 aromatic heterocycles. The lowest BCUT2D eigenvalue weighted by molar-refractivity contribution is 0.0486. The van der Waals surface area contributed by atoms with E-state index in [2.05, 4.69) is 9.97 Å². The van der Waals surface area contributed by atoms with E-state index in [4.69, 9.17) is 9.47 Å². The molecule has 0 atom stereocenters. The molecule has 0 fully saturated rings. The number of aromatic nitrogens is 2. The number of esters is 1. The van der Waals surface area contributed by atoms with Crippen LogP contribution in [0.15, 0.2) is 67.1 Å². The highest BCUT2D eigenvalue weighted by Crippen LogP contribution is 2.20. The zero-order chi connectivity index (χ0) is 18.2. The Morgan fingerprint density at radius 1 is 1.04 bits per heavy atom. The molecule has 3 aromatic rings. The van der Waals surface area contributed by atoms with Gasteiger partial charge in [0, 0.05) is 18.2 Å². The van der Waals surface area contributed by atoms with Crippen LogP contribution in [0.3, 0.4) is 0 Å². The molecule has 0 aliphatic heterocycles. The highest BCUT2D eigenvalue weighted by Gasteiger charge is 2.15. The Morgan fingerprint density at radius 2 is 1.88 bits per heavy atom. The van der Waals surface area contributed by atoms with E-state index in [-0.39, 0.29) is 6.61 Å². The molecule has 0 radical (unpaired) electrons. The summed E-state index contributed by atoms with van der Waals surface area (Å²) in [6.07, 6.45) is 3.52. The molecule has 0 aliphatic rings. The van der Waals surface area contributed by atoms with Gasteiger partial charge in [0.15, 0.2) is 0 Å². The number of hydrogen-bond acceptors (Lipinski definition) is 5. The first-order valence-electron chi connectivity index (χ1n) is 8.46. The minimum Gasteiger partial charge on any atom is -0.493 e. The normalized spacial score (nSPS) is 10.3. The van der Waals surface area contributed by atoms with Gasteiger partial charge in [-0.25, -0.2) is 14.8 Å². The topological polar surface area (TPSA) is 61.3 Å². The quantitative estimate of drug-likeness (QED) is 0.476. The van der Waals surface area contributed by atoms with Crippen molar-refractivity contribution in [3.63, 3.8) is 0 Å². The van der Waals surface area contributed by atoms with Crippen molar-refractivity contribution in [2.75, 3.05) is 13.2 Å². The van der Waals surface area contributed by atoms with Crippen LogP contribution < -0.4 is 4.74 Å². The first kappa shape index (κ1) is 17.6. The SMILES string of the molecule is Cc1cccc(OCCCOC(=O)c2cncnc2-c2ccccc2)c1. The van der Waals surface area contributed by atoms with Crippen molar-refractivity contribution in [3.8, 4) is 17.0 Å². The molecule has 2 aromatic carbocycles. The van der Waals surface area contributed by atoms with E-state index >= 15 is 0 Å². The summed E-state index contributed by atoms with van der Waals surface area (Å²) in [5, 5.41) is 0. The molecular weight excluding hydrogens is 328 g/mol. The number of hydrogen-bond donors (Lipinski definition) is 0. The maximum atomic E-state index is 12.4. The van der Waals surface area contributed by atoms with Gasteiger partial charge in [-0.05, 0) is 24.6 Å². The second-order valence-electron chi connectivity index (χ2n) is 5.81. The summed E-state index contributed by atoms with van der Waals surface area (Å²) < 4.78 is 11.0. The van der Waals surface area contributed by atoms with Crippen molar-refractivity contribution in [2.45, 2.75) is 13.3 Å². The third kappa shape index (κ3) is 4.66. The molecule has 132 valence electrons. The molecule has 3 rings (SSSR count). The first-order chi connectivity index (χ1) is 12.7. The highest BCUT2D eigenvalue weighted by molar-refractivity contribution is 5.95. The number of carbonyl (C=O) groups is 1. The van der Waals surface area contributed by atoms with Gasteiger partial charge < -0.3 is 9.47 Å². The Kier molecular flexibility index (Phi) is 5.93. The summed E-state index contributed by atoms with van der Waals surface area (Å²) in [4.78, 5) is 20.5. The van der Waals surface area contributed by atoms with Gasteiger partial charge in [-0.1, -0.05) is 42.5 Å². The predicted octanol–water partition coefficient (Wildman–Crippen LogP) is 4.08. The van der Waals surface area contributed by atoms with Crippen molar-refractivity contribution in [3.05, 3.63) is 78.2 Å². The Hall–Kier alpha value is -3.21. The number of ether oxygens (including phenoxy) is 2. The van der Waals surface area contributed by atoms with Crippen LogP contribution in [0.2, 0.25) is 0 Å². The average Bonchev–Trinajstić information content (AvgIpc) is 2.68. The Labute approximate surface area is 152 Å². The standard InChI is InChI=1S/C21H20N2O3/c1-16-7-5-10-18(13-16)25-11-6-12-26-21(24)19-14-22-15-23-20(19)17-8-3-2-4-9-17/h2-5,7-10,13-15H,6,11-12H2,1H3. The van der Waals surface area contributed by atoms with Crippen LogP contribution in [-0.4, -0.2) is 29.2 Å². The molecule has 0 saturated heterocycles.